The number of benzene rings is 2. The number of ether oxygens (including phenoxy) is 2. The Bertz CT molecular complexity index is 1860. The van der Waals surface area contributed by atoms with Gasteiger partial charge in [0.25, 0.3) is 0 Å². The van der Waals surface area contributed by atoms with E-state index in [0.717, 1.165) is 12.0 Å². The molecule has 0 saturated carbocycles. The first-order chi connectivity index (χ1) is 24.9. The van der Waals surface area contributed by atoms with Crippen LogP contribution >= 0.6 is 12.0 Å². The van der Waals surface area contributed by atoms with Gasteiger partial charge in [-0.05, 0) is 35.4 Å². The molecule has 1 atom stereocenters. The van der Waals surface area contributed by atoms with Crippen LogP contribution in [0.3, 0.4) is 0 Å². The molecule has 2 aliphatic rings. The van der Waals surface area contributed by atoms with Gasteiger partial charge in [-0.25, -0.2) is 9.47 Å². The zero-order chi connectivity index (χ0) is 35.6. The number of rotatable bonds is 14. The molecule has 6 rings (SSSR count). The molecule has 0 amide bonds. The third-order valence-corrected chi connectivity index (χ3v) is 9.00. The van der Waals surface area contributed by atoms with Crippen molar-refractivity contribution in [3.05, 3.63) is 47.5 Å². The molecule has 0 radical (unpaired) electrons. The first-order valence-electron chi connectivity index (χ1n) is 15.7. The Balaban J connectivity index is 1.22. The average Bonchev–Trinajstić information content (AvgIpc) is 3.17. The van der Waals surface area contributed by atoms with Gasteiger partial charge in [-0.1, -0.05) is 29.3 Å². The van der Waals surface area contributed by atoms with Crippen molar-refractivity contribution < 1.29 is 32.9 Å². The van der Waals surface area contributed by atoms with Gasteiger partial charge in [-0.15, -0.1) is 4.33 Å². The second-order valence-corrected chi connectivity index (χ2v) is 12.5. The lowest BCUT2D eigenvalue weighted by Gasteiger charge is -2.27. The fraction of sp³-hybridized carbons (Fsp3) is 0.333. The van der Waals surface area contributed by atoms with Gasteiger partial charge in [0, 0.05) is 56.5 Å². The number of hydrogen-bond acceptors (Lipinski definition) is 19. The van der Waals surface area contributed by atoms with Gasteiger partial charge in [-0.3, -0.25) is 0 Å². The first kappa shape index (κ1) is 36.1. The topological polar surface area (TPSA) is 226 Å². The number of nitrogens with one attached hydrogen (secondary N) is 4. The van der Waals surface area contributed by atoms with Crippen LogP contribution in [-0.2, 0) is 29.9 Å². The number of hydrogen-bond donors (Lipinski definition) is 6. The molecular formula is C30H36N12O7S2. The van der Waals surface area contributed by atoms with Gasteiger partial charge in [0.05, 0.1) is 43.4 Å². The molecule has 19 nitrogen and oxygen atoms in total. The molecule has 0 bridgehead atoms. The summed E-state index contributed by atoms with van der Waals surface area (Å²) in [5.41, 5.74) is 2.25. The lowest BCUT2D eigenvalue weighted by Crippen LogP contribution is -2.37. The van der Waals surface area contributed by atoms with E-state index in [1.807, 2.05) is 9.80 Å². The molecule has 2 aromatic carbocycles. The summed E-state index contributed by atoms with van der Waals surface area (Å²) in [6.45, 7) is 4.91. The highest BCUT2D eigenvalue weighted by atomic mass is 32.2. The van der Waals surface area contributed by atoms with Crippen LogP contribution in [-0.4, -0.2) is 111 Å². The van der Waals surface area contributed by atoms with Crippen molar-refractivity contribution in [1.29, 1.82) is 0 Å². The maximum atomic E-state index is 12.5. The van der Waals surface area contributed by atoms with Gasteiger partial charge in [-0.2, -0.15) is 29.9 Å². The van der Waals surface area contributed by atoms with Gasteiger partial charge in [0.2, 0.25) is 35.7 Å². The van der Waals surface area contributed by atoms with Crippen LogP contribution in [0.25, 0.3) is 12.2 Å². The summed E-state index contributed by atoms with van der Waals surface area (Å²) in [6, 6.07) is 10.3. The number of morpholine rings is 2. The van der Waals surface area contributed by atoms with Crippen LogP contribution < -0.4 is 31.1 Å². The highest BCUT2D eigenvalue weighted by Gasteiger charge is 2.19. The summed E-state index contributed by atoms with van der Waals surface area (Å²) in [5, 5.41) is 24.9. The van der Waals surface area contributed by atoms with Crippen molar-refractivity contribution in [2.75, 3.05) is 97.8 Å². The molecule has 4 heterocycles. The summed E-state index contributed by atoms with van der Waals surface area (Å²) >= 11 is -1.57. The summed E-state index contributed by atoms with van der Waals surface area (Å²) in [5.74, 6) is 2.36. The zero-order valence-corrected chi connectivity index (χ0v) is 29.2. The van der Waals surface area contributed by atoms with E-state index in [4.69, 9.17) is 19.1 Å². The third kappa shape index (κ3) is 9.53. The van der Waals surface area contributed by atoms with Crippen molar-refractivity contribution >= 4 is 82.3 Å². The molecule has 1 unspecified atom stereocenters. The molecule has 2 saturated heterocycles. The smallest absolute Gasteiger partial charge is 0.233 e. The number of nitrogens with zero attached hydrogens (tertiary/aromatic N) is 8. The molecule has 0 aliphatic carbocycles. The van der Waals surface area contributed by atoms with E-state index in [-0.39, 0.29) is 10.8 Å². The fourth-order valence-corrected chi connectivity index (χ4v) is 6.16. The van der Waals surface area contributed by atoms with Crippen LogP contribution in [0, 0.1) is 0 Å². The van der Waals surface area contributed by atoms with Gasteiger partial charge < -0.3 is 45.1 Å². The molecule has 2 fully saturated rings. The fourth-order valence-electron chi connectivity index (χ4n) is 5.09. The van der Waals surface area contributed by atoms with Crippen molar-refractivity contribution in [3.8, 4) is 0 Å². The Morgan fingerprint density at radius 3 is 1.75 bits per heavy atom. The first-order valence-corrected chi connectivity index (χ1v) is 17.6. The molecule has 270 valence electrons. The minimum atomic E-state index is -2.33. The Morgan fingerprint density at radius 2 is 1.24 bits per heavy atom. The molecule has 0 spiro atoms. The highest BCUT2D eigenvalue weighted by molar-refractivity contribution is 7.94. The van der Waals surface area contributed by atoms with Crippen molar-refractivity contribution in [2.24, 2.45) is 0 Å². The molecule has 6 N–H and O–H groups in total. The lowest BCUT2D eigenvalue weighted by molar-refractivity contribution is -0.432. The van der Waals surface area contributed by atoms with Crippen LogP contribution in [0.4, 0.5) is 47.1 Å². The van der Waals surface area contributed by atoms with E-state index < -0.39 is 11.1 Å². The molecule has 2 aromatic heterocycles. The van der Waals surface area contributed by atoms with Crippen molar-refractivity contribution in [3.63, 3.8) is 0 Å². The maximum absolute atomic E-state index is 12.5. The number of aromatic nitrogens is 6. The Hall–Kier alpha value is -4.74. The maximum Gasteiger partial charge on any atom is 0.233 e. The van der Waals surface area contributed by atoms with E-state index in [1.165, 1.54) is 0 Å². The Kier molecular flexibility index (Phi) is 12.3. The van der Waals surface area contributed by atoms with E-state index in [9.17, 15) is 8.76 Å². The third-order valence-electron chi connectivity index (χ3n) is 7.61. The molecule has 51 heavy (non-hydrogen) atoms. The predicted molar refractivity (Wildman–Crippen MR) is 193 cm³/mol. The normalized spacial score (nSPS) is 15.5. The van der Waals surface area contributed by atoms with Crippen molar-refractivity contribution in [2.45, 2.75) is 9.79 Å². The lowest BCUT2D eigenvalue weighted by atomic mass is 10.1. The van der Waals surface area contributed by atoms with Gasteiger partial charge in [0.15, 0.2) is 11.1 Å². The van der Waals surface area contributed by atoms with E-state index in [0.29, 0.717) is 110 Å². The monoisotopic (exact) mass is 740 g/mol. The zero-order valence-electron chi connectivity index (χ0n) is 27.6. The van der Waals surface area contributed by atoms with Gasteiger partial charge in [0.1, 0.15) is 0 Å². The Morgan fingerprint density at radius 1 is 0.745 bits per heavy atom. The van der Waals surface area contributed by atoms with Crippen LogP contribution in [0.2, 0.25) is 0 Å². The average molecular weight is 741 g/mol. The largest absolute Gasteiger partial charge is 0.378 e. The van der Waals surface area contributed by atoms with E-state index in [1.54, 1.807) is 62.6 Å². The molecule has 4 aromatic rings. The molecule has 21 heteroatoms. The summed E-state index contributed by atoms with van der Waals surface area (Å²) in [6.07, 6.45) is 3.43. The standard InChI is InChI=1S/C30H36N12O7S2/c1-31-25-35-27(39-29(37-25)41-9-13-46-14-10-41)33-21-7-5-19(23(17-21)50-49-48-43)3-4-20-6-8-22(18-24(20)51(44)45)34-28-36-26(32-2)38-30(40-28)42-11-15-47-16-12-42/h3-8,17-18,43H,9-16H2,1-2H3,(H,44,45)(H2,31,33,35,37,39)(H2,32,34,36,38,40). The summed E-state index contributed by atoms with van der Waals surface area (Å²) in [4.78, 5) is 31.6. The molecular weight excluding hydrogens is 705 g/mol. The van der Waals surface area contributed by atoms with Crippen LogP contribution in [0.5, 0.6) is 0 Å². The van der Waals surface area contributed by atoms with E-state index in [2.05, 4.69) is 56.2 Å². The quantitative estimate of drug-likeness (QED) is 0.0358. The van der Waals surface area contributed by atoms with Crippen molar-refractivity contribution in [1.82, 2.24) is 29.9 Å². The van der Waals surface area contributed by atoms with Gasteiger partial charge >= 0.3 is 0 Å². The highest BCUT2D eigenvalue weighted by Crippen LogP contribution is 2.31. The minimum Gasteiger partial charge on any atom is -0.378 e. The second-order valence-electron chi connectivity index (χ2n) is 10.8. The summed E-state index contributed by atoms with van der Waals surface area (Å²) < 4.78 is 38.3. The van der Waals surface area contributed by atoms with Crippen LogP contribution in [0.15, 0.2) is 46.2 Å². The SMILES string of the molecule is CNc1nc(Nc2ccc(C=Cc3ccc(Nc4nc(NC)nc(N5CCOCC5)n4)cc3S(=O)O)c(SOOO)c2)nc(N2CCOCC2)n1. The second kappa shape index (κ2) is 17.5. The number of anilines is 8. The van der Waals surface area contributed by atoms with E-state index >= 15 is 0 Å². The Labute approximate surface area is 299 Å². The summed E-state index contributed by atoms with van der Waals surface area (Å²) in [7, 11) is 3.44. The molecule has 2 aliphatic heterocycles. The van der Waals surface area contributed by atoms with Crippen LogP contribution in [0.1, 0.15) is 11.1 Å². The predicted octanol–water partition coefficient (Wildman–Crippen LogP) is 3.48. The minimum absolute atomic E-state index is 0.154.